The average molecular weight is 413 g/mol. The van der Waals surface area contributed by atoms with E-state index < -0.39 is 11.4 Å². The van der Waals surface area contributed by atoms with E-state index in [2.05, 4.69) is 10.6 Å². The van der Waals surface area contributed by atoms with Crippen molar-refractivity contribution in [3.63, 3.8) is 0 Å². The smallest absolute Gasteiger partial charge is 0.319 e. The van der Waals surface area contributed by atoms with Gasteiger partial charge in [0, 0.05) is 35.9 Å². The molecule has 1 aliphatic heterocycles. The van der Waals surface area contributed by atoms with Crippen LogP contribution in [0.4, 0.5) is 14.9 Å². The van der Waals surface area contributed by atoms with Gasteiger partial charge in [0.25, 0.3) is 5.91 Å². The number of carbonyl (C=O) groups is 2. The van der Waals surface area contributed by atoms with Crippen molar-refractivity contribution in [1.29, 1.82) is 0 Å². The van der Waals surface area contributed by atoms with Crippen LogP contribution in [0.2, 0.25) is 0 Å². The van der Waals surface area contributed by atoms with Crippen LogP contribution in [0.25, 0.3) is 0 Å². The van der Waals surface area contributed by atoms with Crippen molar-refractivity contribution in [1.82, 2.24) is 10.2 Å². The first-order chi connectivity index (χ1) is 14.2. The molecule has 0 spiro atoms. The summed E-state index contributed by atoms with van der Waals surface area (Å²) in [7, 11) is 0. The van der Waals surface area contributed by atoms with Crippen LogP contribution in [0.5, 0.6) is 0 Å². The van der Waals surface area contributed by atoms with E-state index in [1.165, 1.54) is 6.07 Å². The SMILES string of the molecule is Cc1ccc(C(=O)N2CCC(O)(c3ccccc3F)CC2)cc1NC(=O)NC(C)C. The molecule has 1 aliphatic rings. The molecular weight excluding hydrogens is 385 g/mol. The molecule has 1 fully saturated rings. The van der Waals surface area contributed by atoms with E-state index in [-0.39, 0.29) is 36.4 Å². The fourth-order valence-electron chi connectivity index (χ4n) is 3.68. The van der Waals surface area contributed by atoms with E-state index in [9.17, 15) is 19.1 Å². The van der Waals surface area contributed by atoms with Crippen LogP contribution < -0.4 is 10.6 Å². The first-order valence-electron chi connectivity index (χ1n) is 10.1. The number of hydrogen-bond acceptors (Lipinski definition) is 3. The lowest BCUT2D eigenvalue weighted by Crippen LogP contribution is -2.45. The Kier molecular flexibility index (Phi) is 6.41. The van der Waals surface area contributed by atoms with Crippen LogP contribution in [0.3, 0.4) is 0 Å². The normalized spacial score (nSPS) is 15.7. The Morgan fingerprint density at radius 1 is 1.13 bits per heavy atom. The highest BCUT2D eigenvalue weighted by Crippen LogP contribution is 2.34. The first-order valence-corrected chi connectivity index (χ1v) is 10.1. The summed E-state index contributed by atoms with van der Waals surface area (Å²) < 4.78 is 14.1. The number of amides is 3. The Morgan fingerprint density at radius 2 is 1.80 bits per heavy atom. The van der Waals surface area contributed by atoms with E-state index in [1.807, 2.05) is 20.8 Å². The van der Waals surface area contributed by atoms with Gasteiger partial charge in [-0.3, -0.25) is 4.79 Å². The van der Waals surface area contributed by atoms with Crippen molar-refractivity contribution in [2.45, 2.75) is 45.3 Å². The molecule has 0 aliphatic carbocycles. The van der Waals surface area contributed by atoms with Crippen molar-refractivity contribution < 1.29 is 19.1 Å². The third-order valence-corrected chi connectivity index (χ3v) is 5.41. The molecule has 0 unspecified atom stereocenters. The molecule has 7 heteroatoms. The summed E-state index contributed by atoms with van der Waals surface area (Å²) in [6.45, 7) is 6.22. The summed E-state index contributed by atoms with van der Waals surface area (Å²) >= 11 is 0. The van der Waals surface area contributed by atoms with Crippen molar-refractivity contribution in [2.75, 3.05) is 18.4 Å². The van der Waals surface area contributed by atoms with E-state index >= 15 is 0 Å². The van der Waals surface area contributed by atoms with Gasteiger partial charge in [-0.25, -0.2) is 9.18 Å². The van der Waals surface area contributed by atoms with E-state index in [4.69, 9.17) is 0 Å². The van der Waals surface area contributed by atoms with Gasteiger partial charge in [-0.2, -0.15) is 0 Å². The molecule has 1 saturated heterocycles. The van der Waals surface area contributed by atoms with Gasteiger partial charge in [0.2, 0.25) is 0 Å². The molecule has 0 radical (unpaired) electrons. The zero-order valence-electron chi connectivity index (χ0n) is 17.5. The summed E-state index contributed by atoms with van der Waals surface area (Å²) in [6.07, 6.45) is 0.515. The number of carbonyl (C=O) groups excluding carboxylic acids is 2. The number of hydrogen-bond donors (Lipinski definition) is 3. The molecule has 3 amide bonds. The molecule has 2 aromatic rings. The highest BCUT2D eigenvalue weighted by Gasteiger charge is 2.37. The number of likely N-dealkylation sites (tertiary alicyclic amines) is 1. The quantitative estimate of drug-likeness (QED) is 0.713. The standard InChI is InChI=1S/C23H28FN3O3/c1-15(2)25-22(29)26-20-14-17(9-8-16(20)3)21(28)27-12-10-23(30,11-13-27)18-6-4-5-7-19(18)24/h4-9,14-15,30H,10-13H2,1-3H3,(H2,25,26,29). The van der Waals surface area contributed by atoms with Gasteiger partial charge in [0.05, 0.1) is 5.60 Å². The predicted octanol–water partition coefficient (Wildman–Crippen LogP) is 3.79. The lowest BCUT2D eigenvalue weighted by Gasteiger charge is -2.38. The second-order valence-corrected chi connectivity index (χ2v) is 8.09. The van der Waals surface area contributed by atoms with Gasteiger partial charge < -0.3 is 20.6 Å². The lowest BCUT2D eigenvalue weighted by atomic mass is 9.84. The van der Waals surface area contributed by atoms with Crippen LogP contribution in [0, 0.1) is 12.7 Å². The number of benzene rings is 2. The number of urea groups is 1. The Hall–Kier alpha value is -2.93. The van der Waals surface area contributed by atoms with Gasteiger partial charge in [-0.15, -0.1) is 0 Å². The van der Waals surface area contributed by atoms with Gasteiger partial charge in [0.15, 0.2) is 0 Å². The molecule has 0 saturated carbocycles. The van der Waals surface area contributed by atoms with Gasteiger partial charge in [0.1, 0.15) is 5.82 Å². The third kappa shape index (κ3) is 4.79. The van der Waals surface area contributed by atoms with Crippen LogP contribution in [0.15, 0.2) is 42.5 Å². The van der Waals surface area contributed by atoms with Gasteiger partial charge in [-0.05, 0) is 57.4 Å². The predicted molar refractivity (Wildman–Crippen MR) is 114 cm³/mol. The Labute approximate surface area is 176 Å². The van der Waals surface area contributed by atoms with E-state index in [1.54, 1.807) is 41.3 Å². The van der Waals surface area contributed by atoms with E-state index in [0.29, 0.717) is 24.3 Å². The molecule has 6 nitrogen and oxygen atoms in total. The van der Waals surface area contributed by atoms with Crippen LogP contribution in [0.1, 0.15) is 48.2 Å². The summed E-state index contributed by atoms with van der Waals surface area (Å²) in [5, 5.41) is 16.4. The number of anilines is 1. The zero-order valence-corrected chi connectivity index (χ0v) is 17.5. The highest BCUT2D eigenvalue weighted by atomic mass is 19.1. The summed E-state index contributed by atoms with van der Waals surface area (Å²) in [5.74, 6) is -0.619. The van der Waals surface area contributed by atoms with Crippen LogP contribution in [-0.2, 0) is 5.60 Å². The molecule has 0 aromatic heterocycles. The number of aryl methyl sites for hydroxylation is 1. The number of rotatable bonds is 4. The highest BCUT2D eigenvalue weighted by molar-refractivity contribution is 5.97. The zero-order chi connectivity index (χ0) is 21.9. The average Bonchev–Trinajstić information content (AvgIpc) is 2.69. The molecular formula is C23H28FN3O3. The fraction of sp³-hybridized carbons (Fsp3) is 0.391. The summed E-state index contributed by atoms with van der Waals surface area (Å²) in [5.41, 5.74) is 0.862. The molecule has 160 valence electrons. The fourth-order valence-corrected chi connectivity index (χ4v) is 3.68. The Bertz CT molecular complexity index is 937. The molecule has 3 rings (SSSR count). The minimum absolute atomic E-state index is 0.00308. The summed E-state index contributed by atoms with van der Waals surface area (Å²) in [6, 6.07) is 11.1. The second kappa shape index (κ2) is 8.83. The maximum absolute atomic E-state index is 14.1. The third-order valence-electron chi connectivity index (χ3n) is 5.41. The number of nitrogens with one attached hydrogen (secondary N) is 2. The van der Waals surface area contributed by atoms with Crippen molar-refractivity contribution in [3.05, 3.63) is 65.0 Å². The minimum atomic E-state index is -1.28. The number of aliphatic hydroxyl groups is 1. The van der Waals surface area contributed by atoms with E-state index in [0.717, 1.165) is 5.56 Å². The number of nitrogens with zero attached hydrogens (tertiary/aromatic N) is 1. The maximum Gasteiger partial charge on any atom is 0.319 e. The molecule has 1 heterocycles. The molecule has 2 aromatic carbocycles. The monoisotopic (exact) mass is 413 g/mol. The molecule has 0 atom stereocenters. The van der Waals surface area contributed by atoms with Gasteiger partial charge >= 0.3 is 6.03 Å². The van der Waals surface area contributed by atoms with Crippen molar-refractivity contribution in [3.8, 4) is 0 Å². The van der Waals surface area contributed by atoms with Crippen molar-refractivity contribution in [2.24, 2.45) is 0 Å². The minimum Gasteiger partial charge on any atom is -0.385 e. The molecule has 3 N–H and O–H groups in total. The van der Waals surface area contributed by atoms with Crippen molar-refractivity contribution >= 4 is 17.6 Å². The Morgan fingerprint density at radius 3 is 2.43 bits per heavy atom. The largest absolute Gasteiger partial charge is 0.385 e. The first kappa shape index (κ1) is 21.8. The maximum atomic E-state index is 14.1. The molecule has 30 heavy (non-hydrogen) atoms. The number of piperidine rings is 1. The van der Waals surface area contributed by atoms with Crippen LogP contribution in [-0.4, -0.2) is 41.1 Å². The van der Waals surface area contributed by atoms with Crippen LogP contribution >= 0.6 is 0 Å². The van der Waals surface area contributed by atoms with Gasteiger partial charge in [-0.1, -0.05) is 24.3 Å². The molecule has 0 bridgehead atoms. The second-order valence-electron chi connectivity index (χ2n) is 8.09. The Balaban J connectivity index is 1.70. The topological polar surface area (TPSA) is 81.7 Å². The number of halogens is 1. The lowest BCUT2D eigenvalue weighted by molar-refractivity contribution is -0.0235. The summed E-state index contributed by atoms with van der Waals surface area (Å²) in [4.78, 5) is 26.6.